The molecule has 1 amide bonds. The highest BCUT2D eigenvalue weighted by atomic mass is 32.2. The molecule has 2 aromatic rings. The number of carbonyl (C=O) groups excluding carboxylic acids is 1. The lowest BCUT2D eigenvalue weighted by Gasteiger charge is -2.26. The standard InChI is InChI=1S/C18H25N5O5S2/c1-3-7-23-17(25)20-21-18(23)29-13(2)16(24)19-14-5-4-6-15(12-14)30(26,27)22-8-10-28-11-9-22/h4-6,12-13H,3,7-11H2,1-2H3,(H,19,24)(H,20,25)/t13-/m0/s1. The van der Waals surface area contributed by atoms with Crippen LogP contribution in [0.2, 0.25) is 0 Å². The topological polar surface area (TPSA) is 126 Å². The third-order valence-corrected chi connectivity index (χ3v) is 7.52. The van der Waals surface area contributed by atoms with Crippen molar-refractivity contribution in [2.24, 2.45) is 0 Å². The van der Waals surface area contributed by atoms with Gasteiger partial charge in [0.25, 0.3) is 0 Å². The second kappa shape index (κ2) is 9.77. The van der Waals surface area contributed by atoms with Gasteiger partial charge in [0.2, 0.25) is 15.9 Å². The summed E-state index contributed by atoms with van der Waals surface area (Å²) in [6.07, 6.45) is 0.762. The zero-order valence-electron chi connectivity index (χ0n) is 16.8. The molecule has 1 aromatic carbocycles. The van der Waals surface area contributed by atoms with Gasteiger partial charge in [-0.25, -0.2) is 18.3 Å². The van der Waals surface area contributed by atoms with Crippen LogP contribution >= 0.6 is 11.8 Å². The number of thioether (sulfide) groups is 1. The maximum Gasteiger partial charge on any atom is 0.343 e. The Morgan fingerprint density at radius 1 is 1.37 bits per heavy atom. The van der Waals surface area contributed by atoms with Crippen molar-refractivity contribution in [3.05, 3.63) is 34.7 Å². The average molecular weight is 456 g/mol. The number of amides is 1. The Bertz CT molecular complexity index is 1040. The van der Waals surface area contributed by atoms with Crippen molar-refractivity contribution < 1.29 is 17.9 Å². The van der Waals surface area contributed by atoms with Gasteiger partial charge in [0.15, 0.2) is 5.16 Å². The number of H-pyrrole nitrogens is 1. The first kappa shape index (κ1) is 22.5. The number of ether oxygens (including phenoxy) is 1. The molecule has 164 valence electrons. The molecule has 1 aromatic heterocycles. The van der Waals surface area contributed by atoms with E-state index in [1.165, 1.54) is 21.0 Å². The SMILES string of the molecule is CCCn1c(S[C@@H](C)C(=O)Nc2cccc(S(=O)(=O)N3CCOCC3)c2)n[nH]c1=O. The number of sulfonamides is 1. The summed E-state index contributed by atoms with van der Waals surface area (Å²) in [4.78, 5) is 24.5. The molecular weight excluding hydrogens is 430 g/mol. The van der Waals surface area contributed by atoms with Crippen LogP contribution in [-0.2, 0) is 26.1 Å². The Morgan fingerprint density at radius 2 is 2.10 bits per heavy atom. The van der Waals surface area contributed by atoms with Crippen molar-refractivity contribution in [1.82, 2.24) is 19.1 Å². The monoisotopic (exact) mass is 455 g/mol. The minimum Gasteiger partial charge on any atom is -0.379 e. The zero-order valence-corrected chi connectivity index (χ0v) is 18.5. The highest BCUT2D eigenvalue weighted by Gasteiger charge is 2.27. The molecule has 1 saturated heterocycles. The van der Waals surface area contributed by atoms with Gasteiger partial charge in [-0.3, -0.25) is 9.36 Å². The molecule has 0 radical (unpaired) electrons. The van der Waals surface area contributed by atoms with Gasteiger partial charge in [0.05, 0.1) is 23.4 Å². The molecule has 1 aliphatic rings. The number of hydrogen-bond acceptors (Lipinski definition) is 7. The predicted octanol–water partition coefficient (Wildman–Crippen LogP) is 1.12. The summed E-state index contributed by atoms with van der Waals surface area (Å²) < 4.78 is 33.7. The van der Waals surface area contributed by atoms with Gasteiger partial charge in [-0.2, -0.15) is 4.31 Å². The summed E-state index contributed by atoms with van der Waals surface area (Å²) in [5, 5.41) is 9.01. The van der Waals surface area contributed by atoms with E-state index in [-0.39, 0.29) is 16.5 Å². The molecule has 0 spiro atoms. The van der Waals surface area contributed by atoms with E-state index >= 15 is 0 Å². The number of anilines is 1. The van der Waals surface area contributed by atoms with E-state index in [0.717, 1.165) is 18.2 Å². The molecule has 12 heteroatoms. The maximum atomic E-state index is 12.8. The molecule has 0 bridgehead atoms. The van der Waals surface area contributed by atoms with Crippen molar-refractivity contribution in [2.45, 2.75) is 42.1 Å². The van der Waals surface area contributed by atoms with Gasteiger partial charge in [-0.1, -0.05) is 24.8 Å². The van der Waals surface area contributed by atoms with Crippen LogP contribution in [0.1, 0.15) is 20.3 Å². The number of aromatic amines is 1. The van der Waals surface area contributed by atoms with E-state index in [0.29, 0.717) is 43.7 Å². The molecule has 0 saturated carbocycles. The van der Waals surface area contributed by atoms with Crippen LogP contribution in [0, 0.1) is 0 Å². The Hall–Kier alpha value is -2.15. The lowest BCUT2D eigenvalue weighted by molar-refractivity contribution is -0.115. The second-order valence-electron chi connectivity index (χ2n) is 6.76. The van der Waals surface area contributed by atoms with Gasteiger partial charge < -0.3 is 10.1 Å². The number of morpholine rings is 1. The zero-order chi connectivity index (χ0) is 21.7. The highest BCUT2D eigenvalue weighted by Crippen LogP contribution is 2.24. The largest absolute Gasteiger partial charge is 0.379 e. The molecule has 1 atom stereocenters. The molecule has 10 nitrogen and oxygen atoms in total. The summed E-state index contributed by atoms with van der Waals surface area (Å²) in [6, 6.07) is 6.18. The first-order chi connectivity index (χ1) is 14.3. The molecular formula is C18H25N5O5S2. The fourth-order valence-electron chi connectivity index (χ4n) is 2.94. The smallest absolute Gasteiger partial charge is 0.343 e. The van der Waals surface area contributed by atoms with E-state index in [1.807, 2.05) is 6.92 Å². The van der Waals surface area contributed by atoms with Crippen molar-refractivity contribution in [1.29, 1.82) is 0 Å². The average Bonchev–Trinajstić information content (AvgIpc) is 3.08. The van der Waals surface area contributed by atoms with Crippen molar-refractivity contribution in [2.75, 3.05) is 31.6 Å². The van der Waals surface area contributed by atoms with Gasteiger partial charge in [-0.05, 0) is 31.5 Å². The molecule has 2 heterocycles. The Labute approximate surface area is 179 Å². The Morgan fingerprint density at radius 3 is 2.80 bits per heavy atom. The fourth-order valence-corrected chi connectivity index (χ4v) is 5.28. The number of aromatic nitrogens is 3. The summed E-state index contributed by atoms with van der Waals surface area (Å²) in [5.74, 6) is -0.320. The lowest BCUT2D eigenvalue weighted by Crippen LogP contribution is -2.40. The van der Waals surface area contributed by atoms with E-state index in [9.17, 15) is 18.0 Å². The van der Waals surface area contributed by atoms with Crippen molar-refractivity contribution in [3.8, 4) is 0 Å². The number of hydrogen-bond donors (Lipinski definition) is 2. The van der Waals surface area contributed by atoms with Gasteiger partial charge in [0, 0.05) is 25.3 Å². The van der Waals surface area contributed by atoms with E-state index in [4.69, 9.17) is 4.74 Å². The third-order valence-electron chi connectivity index (χ3n) is 4.53. The number of rotatable bonds is 8. The summed E-state index contributed by atoms with van der Waals surface area (Å²) in [6.45, 7) is 5.48. The molecule has 1 aliphatic heterocycles. The Kier molecular flexibility index (Phi) is 7.34. The molecule has 0 aliphatic carbocycles. The lowest BCUT2D eigenvalue weighted by atomic mass is 10.3. The minimum atomic E-state index is -3.65. The number of nitrogens with one attached hydrogen (secondary N) is 2. The van der Waals surface area contributed by atoms with Crippen LogP contribution in [-0.4, -0.2) is 64.9 Å². The van der Waals surface area contributed by atoms with Gasteiger partial charge >= 0.3 is 5.69 Å². The van der Waals surface area contributed by atoms with Crippen LogP contribution in [0.15, 0.2) is 39.1 Å². The second-order valence-corrected chi connectivity index (χ2v) is 10.0. The van der Waals surface area contributed by atoms with E-state index in [2.05, 4.69) is 15.5 Å². The van der Waals surface area contributed by atoms with Crippen molar-refractivity contribution >= 4 is 33.4 Å². The molecule has 0 unspecified atom stereocenters. The fraction of sp³-hybridized carbons (Fsp3) is 0.500. The Balaban J connectivity index is 1.70. The molecule has 3 rings (SSSR count). The van der Waals surface area contributed by atoms with E-state index in [1.54, 1.807) is 19.1 Å². The summed E-state index contributed by atoms with van der Waals surface area (Å²) >= 11 is 1.16. The predicted molar refractivity (Wildman–Crippen MR) is 113 cm³/mol. The van der Waals surface area contributed by atoms with Crippen LogP contribution in [0.3, 0.4) is 0 Å². The third kappa shape index (κ3) is 5.12. The summed E-state index contributed by atoms with van der Waals surface area (Å²) in [7, 11) is -3.65. The molecule has 2 N–H and O–H groups in total. The molecule has 30 heavy (non-hydrogen) atoms. The van der Waals surface area contributed by atoms with E-state index < -0.39 is 15.3 Å². The van der Waals surface area contributed by atoms with Crippen LogP contribution in [0.25, 0.3) is 0 Å². The quantitative estimate of drug-likeness (QED) is 0.571. The van der Waals surface area contributed by atoms with Crippen LogP contribution in [0.5, 0.6) is 0 Å². The first-order valence-corrected chi connectivity index (χ1v) is 12.0. The first-order valence-electron chi connectivity index (χ1n) is 9.63. The van der Waals surface area contributed by atoms with Crippen molar-refractivity contribution in [3.63, 3.8) is 0 Å². The normalized spacial score (nSPS) is 16.3. The van der Waals surface area contributed by atoms with Gasteiger partial charge in [0.1, 0.15) is 0 Å². The minimum absolute atomic E-state index is 0.117. The van der Waals surface area contributed by atoms with Crippen LogP contribution in [0.4, 0.5) is 5.69 Å². The highest BCUT2D eigenvalue weighted by molar-refractivity contribution is 8.00. The van der Waals surface area contributed by atoms with Crippen LogP contribution < -0.4 is 11.0 Å². The number of carbonyl (C=O) groups is 1. The number of nitrogens with zero attached hydrogens (tertiary/aromatic N) is 3. The number of benzene rings is 1. The maximum absolute atomic E-state index is 12.8. The summed E-state index contributed by atoms with van der Waals surface area (Å²) in [5.41, 5.74) is 0.0720. The molecule has 1 fully saturated rings. The van der Waals surface area contributed by atoms with Gasteiger partial charge in [-0.15, -0.1) is 5.10 Å².